The molecule has 0 bridgehead atoms. The molecule has 0 saturated heterocycles. The summed E-state index contributed by atoms with van der Waals surface area (Å²) in [5.74, 6) is 0.829. The summed E-state index contributed by atoms with van der Waals surface area (Å²) in [6.07, 6.45) is 5.29. The number of unbranched alkanes of at least 4 members (excludes halogenated alkanes) is 1. The predicted octanol–water partition coefficient (Wildman–Crippen LogP) is 3.79. The van der Waals surface area contributed by atoms with Gasteiger partial charge in [-0.25, -0.2) is 0 Å². The van der Waals surface area contributed by atoms with E-state index in [0.717, 1.165) is 12.5 Å². The number of hydrogen-bond donors (Lipinski definition) is 1. The van der Waals surface area contributed by atoms with E-state index in [9.17, 15) is 0 Å². The highest BCUT2D eigenvalue weighted by Crippen LogP contribution is 2.16. The highest BCUT2D eigenvalue weighted by Gasteiger charge is 2.10. The summed E-state index contributed by atoms with van der Waals surface area (Å²) in [6.45, 7) is 7.42. The van der Waals surface area contributed by atoms with Gasteiger partial charge in [-0.1, -0.05) is 57.4 Å². The van der Waals surface area contributed by atoms with Crippen LogP contribution in [0.2, 0.25) is 0 Å². The summed E-state index contributed by atoms with van der Waals surface area (Å²) in [4.78, 5) is 2.44. The van der Waals surface area contributed by atoms with Gasteiger partial charge in [0.2, 0.25) is 0 Å². The van der Waals surface area contributed by atoms with E-state index in [1.54, 1.807) is 0 Å². The van der Waals surface area contributed by atoms with Gasteiger partial charge in [0, 0.05) is 19.6 Å². The van der Waals surface area contributed by atoms with Crippen molar-refractivity contribution < 1.29 is 0 Å². The van der Waals surface area contributed by atoms with Gasteiger partial charge in [-0.15, -0.1) is 0 Å². The van der Waals surface area contributed by atoms with Crippen LogP contribution in [0.25, 0.3) is 0 Å². The predicted molar refractivity (Wildman–Crippen MR) is 84.0 cm³/mol. The van der Waals surface area contributed by atoms with Crippen LogP contribution in [0.4, 0.5) is 0 Å². The maximum Gasteiger partial charge on any atom is 0.0234 e. The van der Waals surface area contributed by atoms with Gasteiger partial charge in [0.25, 0.3) is 0 Å². The molecule has 2 nitrogen and oxygen atoms in total. The number of nitrogens with two attached hydrogens (primary N) is 1. The quantitative estimate of drug-likeness (QED) is 0.733. The van der Waals surface area contributed by atoms with Gasteiger partial charge < -0.3 is 10.6 Å². The van der Waals surface area contributed by atoms with Gasteiger partial charge in [0.15, 0.2) is 0 Å². The van der Waals surface area contributed by atoms with Crippen LogP contribution in [0.15, 0.2) is 24.3 Å². The van der Waals surface area contributed by atoms with Gasteiger partial charge in [-0.3, -0.25) is 0 Å². The zero-order chi connectivity index (χ0) is 14.1. The minimum Gasteiger partial charge on any atom is -0.326 e. The van der Waals surface area contributed by atoms with Crippen LogP contribution in [0.5, 0.6) is 0 Å². The molecule has 1 rings (SSSR count). The number of nitrogens with zero attached hydrogens (tertiary/aromatic N) is 1. The van der Waals surface area contributed by atoms with Gasteiger partial charge in [0.05, 0.1) is 0 Å². The molecular formula is C17H30N2. The van der Waals surface area contributed by atoms with E-state index in [0.29, 0.717) is 6.54 Å². The lowest BCUT2D eigenvalue weighted by molar-refractivity contribution is 0.252. The van der Waals surface area contributed by atoms with E-state index in [4.69, 9.17) is 5.73 Å². The third-order valence-electron chi connectivity index (χ3n) is 3.89. The molecule has 0 aliphatic carbocycles. The third kappa shape index (κ3) is 5.75. The van der Waals surface area contributed by atoms with E-state index in [1.807, 2.05) is 0 Å². The van der Waals surface area contributed by atoms with Crippen LogP contribution in [-0.2, 0) is 13.1 Å². The van der Waals surface area contributed by atoms with Crippen LogP contribution in [0.1, 0.15) is 50.7 Å². The van der Waals surface area contributed by atoms with Crippen molar-refractivity contribution in [1.82, 2.24) is 4.90 Å². The standard InChI is InChI=1S/C17H30N2/c1-4-6-9-15(5-2)13-19(3)14-17-11-8-7-10-16(17)12-18/h7-8,10-11,15H,4-6,9,12-14,18H2,1-3H3. The Balaban J connectivity index is 2.51. The average Bonchev–Trinajstić information content (AvgIpc) is 2.44. The fourth-order valence-electron chi connectivity index (χ4n) is 2.62. The topological polar surface area (TPSA) is 29.3 Å². The van der Waals surface area contributed by atoms with Gasteiger partial charge in [0.1, 0.15) is 0 Å². The molecule has 1 aromatic rings. The van der Waals surface area contributed by atoms with Gasteiger partial charge in [-0.2, -0.15) is 0 Å². The Kier molecular flexibility index (Phi) is 7.76. The molecule has 1 atom stereocenters. The van der Waals surface area contributed by atoms with Crippen molar-refractivity contribution in [3.05, 3.63) is 35.4 Å². The molecule has 108 valence electrons. The fraction of sp³-hybridized carbons (Fsp3) is 0.647. The zero-order valence-corrected chi connectivity index (χ0v) is 12.9. The summed E-state index contributed by atoms with van der Waals surface area (Å²) in [5, 5.41) is 0. The van der Waals surface area contributed by atoms with Crippen molar-refractivity contribution in [1.29, 1.82) is 0 Å². The summed E-state index contributed by atoms with van der Waals surface area (Å²) in [5.41, 5.74) is 8.45. The molecule has 0 heterocycles. The Morgan fingerprint density at radius 1 is 1.16 bits per heavy atom. The second kappa shape index (κ2) is 9.11. The highest BCUT2D eigenvalue weighted by molar-refractivity contribution is 5.26. The normalized spacial score (nSPS) is 12.9. The maximum atomic E-state index is 5.80. The largest absolute Gasteiger partial charge is 0.326 e. The number of rotatable bonds is 9. The molecule has 0 amide bonds. The zero-order valence-electron chi connectivity index (χ0n) is 12.9. The molecule has 1 unspecified atom stereocenters. The van der Waals surface area contributed by atoms with E-state index in [-0.39, 0.29) is 0 Å². The molecule has 2 N–H and O–H groups in total. The lowest BCUT2D eigenvalue weighted by atomic mass is 9.98. The smallest absolute Gasteiger partial charge is 0.0234 e. The Labute approximate surface area is 119 Å². The minimum absolute atomic E-state index is 0.636. The molecule has 0 saturated carbocycles. The Hall–Kier alpha value is -0.860. The second-order valence-electron chi connectivity index (χ2n) is 5.59. The molecule has 0 spiro atoms. The van der Waals surface area contributed by atoms with Crippen molar-refractivity contribution in [2.75, 3.05) is 13.6 Å². The summed E-state index contributed by atoms with van der Waals surface area (Å²) in [6, 6.07) is 8.52. The molecule has 0 radical (unpaired) electrons. The second-order valence-corrected chi connectivity index (χ2v) is 5.59. The van der Waals surface area contributed by atoms with E-state index < -0.39 is 0 Å². The third-order valence-corrected chi connectivity index (χ3v) is 3.89. The molecular weight excluding hydrogens is 232 g/mol. The van der Waals surface area contributed by atoms with Crippen molar-refractivity contribution in [2.45, 2.75) is 52.6 Å². The Morgan fingerprint density at radius 2 is 1.84 bits per heavy atom. The molecule has 1 aromatic carbocycles. The Morgan fingerprint density at radius 3 is 2.42 bits per heavy atom. The monoisotopic (exact) mass is 262 g/mol. The van der Waals surface area contributed by atoms with Gasteiger partial charge in [-0.05, 0) is 30.5 Å². The van der Waals surface area contributed by atoms with Crippen molar-refractivity contribution in [2.24, 2.45) is 11.7 Å². The summed E-state index contributed by atoms with van der Waals surface area (Å²) in [7, 11) is 2.22. The summed E-state index contributed by atoms with van der Waals surface area (Å²) < 4.78 is 0. The first kappa shape index (κ1) is 16.2. The highest BCUT2D eigenvalue weighted by atomic mass is 15.1. The van der Waals surface area contributed by atoms with Crippen molar-refractivity contribution >= 4 is 0 Å². The van der Waals surface area contributed by atoms with Crippen molar-refractivity contribution in [3.63, 3.8) is 0 Å². The van der Waals surface area contributed by atoms with Crippen LogP contribution >= 0.6 is 0 Å². The first-order valence-corrected chi connectivity index (χ1v) is 7.66. The molecule has 0 aliphatic heterocycles. The first-order chi connectivity index (χ1) is 9.21. The SMILES string of the molecule is CCCCC(CC)CN(C)Cc1ccccc1CN. The first-order valence-electron chi connectivity index (χ1n) is 7.66. The van der Waals surface area contributed by atoms with Crippen LogP contribution < -0.4 is 5.73 Å². The number of hydrogen-bond acceptors (Lipinski definition) is 2. The van der Waals surface area contributed by atoms with E-state index in [1.165, 1.54) is 43.4 Å². The summed E-state index contributed by atoms with van der Waals surface area (Å²) >= 11 is 0. The molecule has 0 aromatic heterocycles. The average molecular weight is 262 g/mol. The lowest BCUT2D eigenvalue weighted by Gasteiger charge is -2.24. The maximum absolute atomic E-state index is 5.80. The minimum atomic E-state index is 0.636. The van der Waals surface area contributed by atoms with E-state index >= 15 is 0 Å². The molecule has 19 heavy (non-hydrogen) atoms. The lowest BCUT2D eigenvalue weighted by Crippen LogP contribution is -2.26. The molecule has 0 fully saturated rings. The fourth-order valence-corrected chi connectivity index (χ4v) is 2.62. The number of benzene rings is 1. The van der Waals surface area contributed by atoms with Crippen LogP contribution in [-0.4, -0.2) is 18.5 Å². The van der Waals surface area contributed by atoms with Crippen molar-refractivity contribution in [3.8, 4) is 0 Å². The van der Waals surface area contributed by atoms with E-state index in [2.05, 4.69) is 50.1 Å². The van der Waals surface area contributed by atoms with Gasteiger partial charge >= 0.3 is 0 Å². The molecule has 2 heteroatoms. The molecule has 0 aliphatic rings. The van der Waals surface area contributed by atoms with Crippen LogP contribution in [0, 0.1) is 5.92 Å². The van der Waals surface area contributed by atoms with Crippen LogP contribution in [0.3, 0.4) is 0 Å². The Bertz CT molecular complexity index is 349.